The molecule has 11 heavy (non-hydrogen) atoms. The van der Waals surface area contributed by atoms with E-state index in [0.717, 1.165) is 25.0 Å². The van der Waals surface area contributed by atoms with Crippen LogP contribution >= 0.6 is 0 Å². The van der Waals surface area contributed by atoms with Crippen molar-refractivity contribution in [1.82, 2.24) is 5.01 Å². The molecule has 0 fully saturated rings. The summed E-state index contributed by atoms with van der Waals surface area (Å²) >= 11 is 0. The second-order valence-corrected chi connectivity index (χ2v) is 2.85. The monoisotopic (exact) mass is 157 g/mol. The van der Waals surface area contributed by atoms with E-state index in [9.17, 15) is 0 Å². The Morgan fingerprint density at radius 1 is 1.64 bits per heavy atom. The van der Waals surface area contributed by atoms with Gasteiger partial charge in [-0.15, -0.1) is 0 Å². The van der Waals surface area contributed by atoms with Crippen molar-refractivity contribution in [2.24, 2.45) is 11.6 Å². The molecule has 0 spiro atoms. The van der Waals surface area contributed by atoms with Gasteiger partial charge in [-0.25, -0.2) is 5.84 Å². The van der Waals surface area contributed by atoms with E-state index in [1.807, 2.05) is 0 Å². The smallest absolute Gasteiger partial charge is 0.0454 e. The molecule has 0 aliphatic carbocycles. The summed E-state index contributed by atoms with van der Waals surface area (Å²) < 4.78 is 0. The predicted octanol–water partition coefficient (Wildman–Crippen LogP) is 0.823. The molecule has 0 rings (SSSR count). The van der Waals surface area contributed by atoms with Crippen molar-refractivity contribution in [2.75, 3.05) is 7.05 Å². The summed E-state index contributed by atoms with van der Waals surface area (Å²) in [6, 6.07) is 0.0185. The van der Waals surface area contributed by atoms with Crippen molar-refractivity contribution in [3.8, 4) is 0 Å². The van der Waals surface area contributed by atoms with E-state index in [1.165, 1.54) is 5.01 Å². The molecule has 0 aromatic heterocycles. The van der Waals surface area contributed by atoms with E-state index in [2.05, 4.69) is 13.5 Å². The Labute approximate surface area is 69.0 Å². The number of nitrogens with two attached hydrogens (primary N) is 2. The zero-order chi connectivity index (χ0) is 8.85. The van der Waals surface area contributed by atoms with Crippen LogP contribution in [0.4, 0.5) is 0 Å². The van der Waals surface area contributed by atoms with Crippen LogP contribution in [0.2, 0.25) is 0 Å². The Kier molecular flexibility index (Phi) is 4.90. The fraction of sp³-hybridized carbons (Fsp3) is 0.750. The largest absolute Gasteiger partial charge is 0.323 e. The first kappa shape index (κ1) is 10.5. The predicted molar refractivity (Wildman–Crippen MR) is 48.6 cm³/mol. The van der Waals surface area contributed by atoms with Gasteiger partial charge in [-0.1, -0.05) is 26.3 Å². The molecular weight excluding hydrogens is 138 g/mol. The van der Waals surface area contributed by atoms with E-state index in [4.69, 9.17) is 11.6 Å². The van der Waals surface area contributed by atoms with E-state index >= 15 is 0 Å². The van der Waals surface area contributed by atoms with E-state index in [-0.39, 0.29) is 6.04 Å². The molecule has 66 valence electrons. The number of hydrazine groups is 1. The number of hydrogen-bond acceptors (Lipinski definition) is 3. The summed E-state index contributed by atoms with van der Waals surface area (Å²) in [6.45, 7) is 5.92. The standard InChI is InChI=1S/C8H19N3/c1-4-5-6-8(9)7(2)11(3)10/h8H,2,4-6,9-10H2,1,3H3. The Bertz CT molecular complexity index is 121. The second-order valence-electron chi connectivity index (χ2n) is 2.85. The van der Waals surface area contributed by atoms with Gasteiger partial charge in [-0.2, -0.15) is 0 Å². The molecule has 0 aliphatic rings. The van der Waals surface area contributed by atoms with Crippen molar-refractivity contribution in [1.29, 1.82) is 0 Å². The molecule has 1 unspecified atom stereocenters. The van der Waals surface area contributed by atoms with Crippen molar-refractivity contribution < 1.29 is 0 Å². The van der Waals surface area contributed by atoms with Gasteiger partial charge in [0.05, 0.1) is 0 Å². The number of unbranched alkanes of at least 4 members (excludes halogenated alkanes) is 1. The van der Waals surface area contributed by atoms with Crippen LogP contribution in [0, 0.1) is 0 Å². The maximum absolute atomic E-state index is 5.78. The molecule has 0 saturated heterocycles. The first-order valence-electron chi connectivity index (χ1n) is 4.02. The first-order chi connectivity index (χ1) is 5.09. The highest BCUT2D eigenvalue weighted by molar-refractivity contribution is 5.00. The molecule has 1 atom stereocenters. The molecule has 0 bridgehead atoms. The van der Waals surface area contributed by atoms with Gasteiger partial charge in [0.2, 0.25) is 0 Å². The number of rotatable bonds is 5. The van der Waals surface area contributed by atoms with Crippen molar-refractivity contribution in [2.45, 2.75) is 32.2 Å². The van der Waals surface area contributed by atoms with Gasteiger partial charge in [0.1, 0.15) is 0 Å². The van der Waals surface area contributed by atoms with Crippen LogP contribution < -0.4 is 11.6 Å². The summed E-state index contributed by atoms with van der Waals surface area (Å²) in [4.78, 5) is 0. The van der Waals surface area contributed by atoms with Gasteiger partial charge in [-0.3, -0.25) is 0 Å². The van der Waals surface area contributed by atoms with Crippen LogP contribution in [-0.2, 0) is 0 Å². The van der Waals surface area contributed by atoms with Crippen molar-refractivity contribution in [3.63, 3.8) is 0 Å². The van der Waals surface area contributed by atoms with Gasteiger partial charge in [0.25, 0.3) is 0 Å². The average molecular weight is 157 g/mol. The molecule has 4 N–H and O–H groups in total. The van der Waals surface area contributed by atoms with Gasteiger partial charge in [0.15, 0.2) is 0 Å². The number of hydrogen-bond donors (Lipinski definition) is 2. The zero-order valence-electron chi connectivity index (χ0n) is 7.51. The summed E-state index contributed by atoms with van der Waals surface area (Å²) in [5.41, 5.74) is 6.59. The molecule has 0 saturated carbocycles. The Balaban J connectivity index is 3.64. The molecular formula is C8H19N3. The lowest BCUT2D eigenvalue weighted by Gasteiger charge is -2.21. The third-order valence-corrected chi connectivity index (χ3v) is 1.75. The fourth-order valence-corrected chi connectivity index (χ4v) is 0.852. The normalized spacial score (nSPS) is 12.7. The summed E-state index contributed by atoms with van der Waals surface area (Å²) in [6.07, 6.45) is 3.26. The maximum atomic E-state index is 5.78. The molecule has 0 aromatic carbocycles. The van der Waals surface area contributed by atoms with Crippen molar-refractivity contribution >= 4 is 0 Å². The van der Waals surface area contributed by atoms with Crippen LogP contribution in [0.15, 0.2) is 12.3 Å². The lowest BCUT2D eigenvalue weighted by molar-refractivity contribution is 0.395. The topological polar surface area (TPSA) is 55.3 Å². The first-order valence-corrected chi connectivity index (χ1v) is 4.02. The van der Waals surface area contributed by atoms with Gasteiger partial charge in [0, 0.05) is 18.8 Å². The fourth-order valence-electron chi connectivity index (χ4n) is 0.852. The van der Waals surface area contributed by atoms with Crippen LogP contribution in [0.5, 0.6) is 0 Å². The quantitative estimate of drug-likeness (QED) is 0.459. The number of likely N-dealkylation sites (N-methyl/N-ethyl adjacent to an activating group) is 1. The minimum Gasteiger partial charge on any atom is -0.323 e. The molecule has 3 nitrogen and oxygen atoms in total. The molecule has 3 heteroatoms. The highest BCUT2D eigenvalue weighted by Crippen LogP contribution is 2.06. The van der Waals surface area contributed by atoms with Crippen LogP contribution in [0.25, 0.3) is 0 Å². The van der Waals surface area contributed by atoms with E-state index in [0.29, 0.717) is 0 Å². The van der Waals surface area contributed by atoms with E-state index < -0.39 is 0 Å². The highest BCUT2D eigenvalue weighted by Gasteiger charge is 2.07. The van der Waals surface area contributed by atoms with Crippen LogP contribution in [0.1, 0.15) is 26.2 Å². The number of nitrogens with zero attached hydrogens (tertiary/aromatic N) is 1. The summed E-state index contributed by atoms with van der Waals surface area (Å²) in [5, 5.41) is 1.49. The third-order valence-electron chi connectivity index (χ3n) is 1.75. The lowest BCUT2D eigenvalue weighted by atomic mass is 10.1. The summed E-state index contributed by atoms with van der Waals surface area (Å²) in [7, 11) is 1.76. The minimum absolute atomic E-state index is 0.0185. The minimum atomic E-state index is 0.0185. The Morgan fingerprint density at radius 3 is 2.55 bits per heavy atom. The maximum Gasteiger partial charge on any atom is 0.0454 e. The SMILES string of the molecule is C=C(C(N)CCCC)N(C)N. The highest BCUT2D eigenvalue weighted by atomic mass is 15.4. The molecule has 0 radical (unpaired) electrons. The van der Waals surface area contributed by atoms with Crippen molar-refractivity contribution in [3.05, 3.63) is 12.3 Å². The Hall–Kier alpha value is -0.540. The molecule has 0 amide bonds. The van der Waals surface area contributed by atoms with Gasteiger partial charge in [-0.05, 0) is 6.42 Å². The van der Waals surface area contributed by atoms with Gasteiger partial charge < -0.3 is 10.7 Å². The van der Waals surface area contributed by atoms with E-state index in [1.54, 1.807) is 7.05 Å². The summed E-state index contributed by atoms with van der Waals surface area (Å²) in [5.74, 6) is 5.46. The second kappa shape index (κ2) is 5.16. The molecule has 0 aliphatic heterocycles. The molecule has 0 heterocycles. The lowest BCUT2D eigenvalue weighted by Crippen LogP contribution is -2.36. The molecule has 0 aromatic rings. The Morgan fingerprint density at radius 2 is 2.18 bits per heavy atom. The third kappa shape index (κ3) is 4.01. The zero-order valence-corrected chi connectivity index (χ0v) is 7.51. The van der Waals surface area contributed by atoms with Crippen LogP contribution in [0.3, 0.4) is 0 Å². The average Bonchev–Trinajstić information content (AvgIpc) is 1.98. The van der Waals surface area contributed by atoms with Gasteiger partial charge >= 0.3 is 0 Å². The van der Waals surface area contributed by atoms with Crippen LogP contribution in [-0.4, -0.2) is 18.1 Å².